The molecule has 1 amide bonds. The predicted molar refractivity (Wildman–Crippen MR) is 133 cm³/mol. The normalized spacial score (nSPS) is 17.4. The molecule has 0 bridgehead atoms. The number of para-hydroxylation sites is 1. The van der Waals surface area contributed by atoms with Gasteiger partial charge in [0.2, 0.25) is 0 Å². The summed E-state index contributed by atoms with van der Waals surface area (Å²) in [5.41, 5.74) is 2.65. The van der Waals surface area contributed by atoms with E-state index in [1.165, 1.54) is 11.1 Å². The molecule has 1 atom stereocenters. The van der Waals surface area contributed by atoms with Crippen LogP contribution in [0.4, 0.5) is 0 Å². The number of rotatable bonds is 8. The Kier molecular flexibility index (Phi) is 7.02. The molecular formula is C27H30N4O4. The molecule has 4 rings (SSSR count). The number of aliphatic hydroxyl groups is 1. The number of amides is 1. The largest absolute Gasteiger partial charge is 0.507 e. The van der Waals surface area contributed by atoms with Crippen LogP contribution in [0.15, 0.2) is 66.4 Å². The molecule has 0 spiro atoms. The quantitative estimate of drug-likeness (QED) is 0.305. The second-order valence-electron chi connectivity index (χ2n) is 8.69. The number of aromatic nitrogens is 2. The lowest BCUT2D eigenvalue weighted by Gasteiger charge is -2.26. The SMILES string of the molecule is CCOc1cccc(C2C(=C(O)c3cnn(-c4ccccc4)c3C)C(=O)C(=O)N2CCN(C)C)c1. The first-order chi connectivity index (χ1) is 16.8. The van der Waals surface area contributed by atoms with Crippen molar-refractivity contribution in [3.63, 3.8) is 0 Å². The molecule has 2 aromatic carbocycles. The molecule has 35 heavy (non-hydrogen) atoms. The van der Waals surface area contributed by atoms with Gasteiger partial charge in [0, 0.05) is 13.1 Å². The van der Waals surface area contributed by atoms with Crippen molar-refractivity contribution in [3.05, 3.63) is 83.2 Å². The van der Waals surface area contributed by atoms with Crippen molar-refractivity contribution in [2.75, 3.05) is 33.8 Å². The van der Waals surface area contributed by atoms with Gasteiger partial charge in [-0.15, -0.1) is 0 Å². The summed E-state index contributed by atoms with van der Waals surface area (Å²) in [5.74, 6) is -0.938. The third-order valence-electron chi connectivity index (χ3n) is 6.08. The van der Waals surface area contributed by atoms with Gasteiger partial charge < -0.3 is 19.6 Å². The van der Waals surface area contributed by atoms with Gasteiger partial charge in [-0.3, -0.25) is 9.59 Å². The van der Waals surface area contributed by atoms with E-state index in [-0.39, 0.29) is 11.3 Å². The fourth-order valence-corrected chi connectivity index (χ4v) is 4.32. The standard InChI is InChI=1S/C27H30N4O4/c1-5-35-21-13-9-10-19(16-21)24-23(26(33)27(34)30(24)15-14-29(3)4)25(32)22-17-28-31(18(22)2)20-11-7-6-8-12-20/h6-13,16-17,24,32H,5,14-15H2,1-4H3. The molecule has 182 valence electrons. The highest BCUT2D eigenvalue weighted by Crippen LogP contribution is 2.40. The first-order valence-corrected chi connectivity index (χ1v) is 11.6. The van der Waals surface area contributed by atoms with Crippen molar-refractivity contribution in [3.8, 4) is 11.4 Å². The number of benzene rings is 2. The van der Waals surface area contributed by atoms with Gasteiger partial charge in [0.15, 0.2) is 0 Å². The summed E-state index contributed by atoms with van der Waals surface area (Å²) < 4.78 is 7.35. The van der Waals surface area contributed by atoms with E-state index in [4.69, 9.17) is 4.74 Å². The maximum Gasteiger partial charge on any atom is 0.295 e. The number of hydrogen-bond acceptors (Lipinski definition) is 6. The molecule has 3 aromatic rings. The zero-order valence-electron chi connectivity index (χ0n) is 20.4. The van der Waals surface area contributed by atoms with Gasteiger partial charge in [-0.05, 0) is 57.8 Å². The number of likely N-dealkylation sites (N-methyl/N-ethyl adjacent to an activating group) is 1. The molecule has 1 N–H and O–H groups in total. The second-order valence-corrected chi connectivity index (χ2v) is 8.69. The fourth-order valence-electron chi connectivity index (χ4n) is 4.32. The van der Waals surface area contributed by atoms with Gasteiger partial charge >= 0.3 is 0 Å². The van der Waals surface area contributed by atoms with Crippen LogP contribution < -0.4 is 4.74 Å². The summed E-state index contributed by atoms with van der Waals surface area (Å²) >= 11 is 0. The maximum absolute atomic E-state index is 13.3. The van der Waals surface area contributed by atoms with Crippen LogP contribution in [0.5, 0.6) is 5.75 Å². The Labute approximate surface area is 205 Å². The third-order valence-corrected chi connectivity index (χ3v) is 6.08. The monoisotopic (exact) mass is 474 g/mol. The van der Waals surface area contributed by atoms with Gasteiger partial charge in [0.25, 0.3) is 11.7 Å². The summed E-state index contributed by atoms with van der Waals surface area (Å²) in [6.07, 6.45) is 1.53. The Morgan fingerprint density at radius 2 is 1.86 bits per heavy atom. The Hall–Kier alpha value is -3.91. The molecule has 1 saturated heterocycles. The predicted octanol–water partition coefficient (Wildman–Crippen LogP) is 3.56. The van der Waals surface area contributed by atoms with Crippen LogP contribution in [0, 0.1) is 6.92 Å². The molecule has 1 aliphatic heterocycles. The minimum absolute atomic E-state index is 0.0538. The van der Waals surface area contributed by atoms with E-state index in [1.807, 2.05) is 87.4 Å². The van der Waals surface area contributed by atoms with E-state index in [2.05, 4.69) is 5.10 Å². The average molecular weight is 475 g/mol. The first kappa shape index (κ1) is 24.2. The third kappa shape index (κ3) is 4.70. The zero-order valence-corrected chi connectivity index (χ0v) is 20.4. The van der Waals surface area contributed by atoms with Crippen molar-refractivity contribution in [2.45, 2.75) is 19.9 Å². The Morgan fingerprint density at radius 1 is 1.11 bits per heavy atom. The molecule has 8 heteroatoms. The van der Waals surface area contributed by atoms with Gasteiger partial charge in [-0.25, -0.2) is 4.68 Å². The fraction of sp³-hybridized carbons (Fsp3) is 0.296. The number of aliphatic hydroxyl groups excluding tert-OH is 1. The van der Waals surface area contributed by atoms with Gasteiger partial charge in [0.1, 0.15) is 11.5 Å². The summed E-state index contributed by atoms with van der Waals surface area (Å²) in [5, 5.41) is 15.9. The lowest BCUT2D eigenvalue weighted by atomic mass is 9.95. The van der Waals surface area contributed by atoms with Crippen LogP contribution >= 0.6 is 0 Å². The van der Waals surface area contributed by atoms with Crippen LogP contribution in [0.3, 0.4) is 0 Å². The second kappa shape index (κ2) is 10.1. The molecule has 1 aromatic heterocycles. The van der Waals surface area contributed by atoms with Crippen LogP contribution in [-0.4, -0.2) is 70.2 Å². The highest BCUT2D eigenvalue weighted by Gasteiger charge is 2.46. The van der Waals surface area contributed by atoms with E-state index >= 15 is 0 Å². The molecule has 0 radical (unpaired) electrons. The molecule has 8 nitrogen and oxygen atoms in total. The van der Waals surface area contributed by atoms with Crippen LogP contribution in [0.25, 0.3) is 11.4 Å². The van der Waals surface area contributed by atoms with E-state index in [0.29, 0.717) is 42.3 Å². The lowest BCUT2D eigenvalue weighted by Crippen LogP contribution is -2.35. The topological polar surface area (TPSA) is 87.9 Å². The number of likely N-dealkylation sites (tertiary alicyclic amines) is 1. The van der Waals surface area contributed by atoms with E-state index in [0.717, 1.165) is 5.69 Å². The molecule has 1 fully saturated rings. The van der Waals surface area contributed by atoms with Gasteiger partial charge in [-0.2, -0.15) is 5.10 Å². The number of nitrogens with zero attached hydrogens (tertiary/aromatic N) is 4. The number of carbonyl (C=O) groups is 2. The first-order valence-electron chi connectivity index (χ1n) is 11.6. The van der Waals surface area contributed by atoms with Crippen molar-refractivity contribution in [1.82, 2.24) is 19.6 Å². The van der Waals surface area contributed by atoms with Crippen molar-refractivity contribution < 1.29 is 19.4 Å². The maximum atomic E-state index is 13.3. The highest BCUT2D eigenvalue weighted by molar-refractivity contribution is 6.46. The van der Waals surface area contributed by atoms with Crippen molar-refractivity contribution in [2.24, 2.45) is 0 Å². The smallest absolute Gasteiger partial charge is 0.295 e. The number of ketones is 1. The summed E-state index contributed by atoms with van der Waals surface area (Å²) in [6.45, 7) is 5.10. The Bertz CT molecular complexity index is 1260. The molecule has 0 saturated carbocycles. The Morgan fingerprint density at radius 3 is 2.54 bits per heavy atom. The van der Waals surface area contributed by atoms with Crippen LogP contribution in [0.2, 0.25) is 0 Å². The highest BCUT2D eigenvalue weighted by atomic mass is 16.5. The van der Waals surface area contributed by atoms with Crippen LogP contribution in [0.1, 0.15) is 29.8 Å². The molecule has 0 aliphatic carbocycles. The Balaban J connectivity index is 1.85. The number of ether oxygens (including phenoxy) is 1. The molecule has 1 unspecified atom stereocenters. The number of carbonyl (C=O) groups excluding carboxylic acids is 2. The summed E-state index contributed by atoms with van der Waals surface area (Å²) in [4.78, 5) is 29.9. The van der Waals surface area contributed by atoms with E-state index < -0.39 is 17.7 Å². The van der Waals surface area contributed by atoms with Crippen molar-refractivity contribution >= 4 is 17.4 Å². The average Bonchev–Trinajstić information content (AvgIpc) is 3.35. The van der Waals surface area contributed by atoms with Gasteiger partial charge in [-0.1, -0.05) is 30.3 Å². The lowest BCUT2D eigenvalue weighted by molar-refractivity contribution is -0.140. The van der Waals surface area contributed by atoms with Gasteiger partial charge in [0.05, 0.1) is 41.4 Å². The van der Waals surface area contributed by atoms with E-state index in [1.54, 1.807) is 4.68 Å². The van der Waals surface area contributed by atoms with Crippen molar-refractivity contribution in [1.29, 1.82) is 0 Å². The van der Waals surface area contributed by atoms with Crippen LogP contribution in [-0.2, 0) is 9.59 Å². The minimum Gasteiger partial charge on any atom is -0.507 e. The zero-order chi connectivity index (χ0) is 25.1. The van der Waals surface area contributed by atoms with E-state index in [9.17, 15) is 14.7 Å². The minimum atomic E-state index is -0.741. The summed E-state index contributed by atoms with van der Waals surface area (Å²) in [7, 11) is 3.81. The molecule has 1 aliphatic rings. The molecule has 2 heterocycles. The number of Topliss-reactive ketones (excluding diaryl/α,β-unsaturated/α-hetero) is 1. The molecular weight excluding hydrogens is 444 g/mol. The number of hydrogen-bond donors (Lipinski definition) is 1. The summed E-state index contributed by atoms with van der Waals surface area (Å²) in [6, 6.07) is 16.1.